The fourth-order valence-corrected chi connectivity index (χ4v) is 1.42. The van der Waals surface area contributed by atoms with Crippen LogP contribution in [0.3, 0.4) is 0 Å². The molecule has 0 aliphatic heterocycles. The van der Waals surface area contributed by atoms with Crippen LogP contribution in [0.1, 0.15) is 0 Å². The molecule has 1 aromatic rings. The molecule has 0 bridgehead atoms. The quantitative estimate of drug-likeness (QED) is 0.496. The fourth-order valence-electron chi connectivity index (χ4n) is 0.892. The number of benzene rings is 1. The van der Waals surface area contributed by atoms with Crippen molar-refractivity contribution in [3.63, 3.8) is 0 Å². The third-order valence-electron chi connectivity index (χ3n) is 1.45. The van der Waals surface area contributed by atoms with E-state index in [2.05, 4.69) is 22.6 Å². The summed E-state index contributed by atoms with van der Waals surface area (Å²) in [6.07, 6.45) is 0. The van der Waals surface area contributed by atoms with Crippen LogP contribution in [0.25, 0.3) is 0 Å². The molecule has 4 nitrogen and oxygen atoms in total. The van der Waals surface area contributed by atoms with Crippen LogP contribution >= 0.6 is 22.6 Å². The van der Waals surface area contributed by atoms with Crippen molar-refractivity contribution in [1.82, 2.24) is 0 Å². The Bertz CT molecular complexity index is 317. The number of nitrogens with two attached hydrogens (primary N) is 1. The first kappa shape index (κ1) is 10.3. The average molecular weight is 292 g/mol. The molecule has 70 valence electrons. The van der Waals surface area contributed by atoms with E-state index in [0.29, 0.717) is 5.69 Å². The van der Waals surface area contributed by atoms with Crippen molar-refractivity contribution in [2.75, 3.05) is 11.6 Å². The summed E-state index contributed by atoms with van der Waals surface area (Å²) < 4.78 is 1.02. The summed E-state index contributed by atoms with van der Waals surface area (Å²) in [4.78, 5) is 10.3. The largest absolute Gasteiger partial charge is 0.480 e. The van der Waals surface area contributed by atoms with Crippen LogP contribution in [0.2, 0.25) is 0 Å². The minimum absolute atomic E-state index is 0.194. The summed E-state index contributed by atoms with van der Waals surface area (Å²) in [5.74, 6) is 4.57. The Kier molecular flexibility index (Phi) is 3.49. The molecule has 0 aliphatic rings. The molecule has 0 fully saturated rings. The number of hydrogen-bond acceptors (Lipinski definition) is 3. The van der Waals surface area contributed by atoms with E-state index in [0.717, 1.165) is 3.57 Å². The number of nitrogens with zero attached hydrogens (tertiary/aromatic N) is 1. The topological polar surface area (TPSA) is 66.6 Å². The van der Waals surface area contributed by atoms with Gasteiger partial charge in [-0.2, -0.15) is 0 Å². The molecule has 0 spiro atoms. The maximum absolute atomic E-state index is 10.3. The van der Waals surface area contributed by atoms with Crippen molar-refractivity contribution >= 4 is 34.2 Å². The first-order valence-corrected chi connectivity index (χ1v) is 4.67. The lowest BCUT2D eigenvalue weighted by Gasteiger charge is -2.15. The zero-order valence-electron chi connectivity index (χ0n) is 6.77. The van der Waals surface area contributed by atoms with Gasteiger partial charge in [0, 0.05) is 3.57 Å². The lowest BCUT2D eigenvalue weighted by atomic mass is 10.3. The smallest absolute Gasteiger partial charge is 0.324 e. The molecule has 0 saturated heterocycles. The molecule has 0 heterocycles. The third kappa shape index (κ3) is 3.19. The van der Waals surface area contributed by atoms with E-state index in [1.54, 1.807) is 6.07 Å². The van der Waals surface area contributed by atoms with Crippen LogP contribution in [0, 0.1) is 3.57 Å². The number of anilines is 1. The van der Waals surface area contributed by atoms with E-state index in [1.807, 2.05) is 18.2 Å². The molecular weight excluding hydrogens is 283 g/mol. The Morgan fingerprint density at radius 3 is 2.85 bits per heavy atom. The maximum atomic E-state index is 10.3. The summed E-state index contributed by atoms with van der Waals surface area (Å²) in [6, 6.07) is 7.34. The first-order chi connectivity index (χ1) is 6.09. The van der Waals surface area contributed by atoms with Crippen LogP contribution in [0.4, 0.5) is 5.69 Å². The van der Waals surface area contributed by atoms with Crippen LogP contribution in [-0.2, 0) is 4.79 Å². The van der Waals surface area contributed by atoms with Gasteiger partial charge in [0.15, 0.2) is 0 Å². The monoisotopic (exact) mass is 292 g/mol. The normalized spacial score (nSPS) is 9.69. The summed E-state index contributed by atoms with van der Waals surface area (Å²) in [5, 5.41) is 9.69. The van der Waals surface area contributed by atoms with Gasteiger partial charge in [0.25, 0.3) is 0 Å². The van der Waals surface area contributed by atoms with Crippen molar-refractivity contribution in [2.24, 2.45) is 5.84 Å². The summed E-state index contributed by atoms with van der Waals surface area (Å²) in [7, 11) is 0. The zero-order chi connectivity index (χ0) is 9.84. The second-order valence-corrected chi connectivity index (χ2v) is 3.75. The number of aliphatic carboxylic acids is 1. The fraction of sp³-hybridized carbons (Fsp3) is 0.125. The number of carboxylic acids is 1. The van der Waals surface area contributed by atoms with Crippen molar-refractivity contribution in [2.45, 2.75) is 0 Å². The van der Waals surface area contributed by atoms with Gasteiger partial charge in [-0.25, -0.2) is 5.84 Å². The summed E-state index contributed by atoms with van der Waals surface area (Å²) in [6.45, 7) is -0.194. The van der Waals surface area contributed by atoms with E-state index in [9.17, 15) is 4.79 Å². The summed E-state index contributed by atoms with van der Waals surface area (Å²) in [5.41, 5.74) is 0.703. The molecule has 0 radical (unpaired) electrons. The van der Waals surface area contributed by atoms with Gasteiger partial charge in [0.1, 0.15) is 6.54 Å². The first-order valence-electron chi connectivity index (χ1n) is 3.59. The Morgan fingerprint density at radius 2 is 2.31 bits per heavy atom. The van der Waals surface area contributed by atoms with Crippen LogP contribution in [0.15, 0.2) is 24.3 Å². The van der Waals surface area contributed by atoms with Crippen molar-refractivity contribution in [1.29, 1.82) is 0 Å². The van der Waals surface area contributed by atoms with Crippen molar-refractivity contribution in [3.05, 3.63) is 27.8 Å². The van der Waals surface area contributed by atoms with E-state index in [-0.39, 0.29) is 6.54 Å². The molecular formula is C8H9IN2O2. The van der Waals surface area contributed by atoms with Crippen molar-refractivity contribution in [3.8, 4) is 0 Å². The molecule has 0 aliphatic carbocycles. The molecule has 0 atom stereocenters. The number of hydrogen-bond donors (Lipinski definition) is 2. The summed E-state index contributed by atoms with van der Waals surface area (Å²) >= 11 is 2.14. The Balaban J connectivity index is 2.76. The molecule has 13 heavy (non-hydrogen) atoms. The van der Waals surface area contributed by atoms with E-state index in [4.69, 9.17) is 10.9 Å². The second kappa shape index (κ2) is 4.43. The predicted molar refractivity (Wildman–Crippen MR) is 58.3 cm³/mol. The van der Waals surface area contributed by atoms with Crippen LogP contribution in [0.5, 0.6) is 0 Å². The molecule has 5 heteroatoms. The minimum atomic E-state index is -0.943. The molecule has 3 N–H and O–H groups in total. The minimum Gasteiger partial charge on any atom is -0.480 e. The highest BCUT2D eigenvalue weighted by Crippen LogP contribution is 2.14. The molecule has 0 amide bonds. The van der Waals surface area contributed by atoms with Crippen LogP contribution < -0.4 is 10.9 Å². The van der Waals surface area contributed by atoms with E-state index in [1.165, 1.54) is 5.01 Å². The predicted octanol–water partition coefficient (Wildman–Crippen LogP) is 1.06. The highest BCUT2D eigenvalue weighted by atomic mass is 127. The number of carboxylic acid groups (broad SMARTS) is 1. The number of carbonyl (C=O) groups is 1. The molecule has 1 rings (SSSR count). The Hall–Kier alpha value is -0.820. The number of rotatable bonds is 3. The van der Waals surface area contributed by atoms with Gasteiger partial charge >= 0.3 is 5.97 Å². The third-order valence-corrected chi connectivity index (χ3v) is 2.12. The van der Waals surface area contributed by atoms with Gasteiger partial charge in [-0.1, -0.05) is 6.07 Å². The van der Waals surface area contributed by atoms with Gasteiger partial charge in [-0.15, -0.1) is 0 Å². The van der Waals surface area contributed by atoms with E-state index < -0.39 is 5.97 Å². The van der Waals surface area contributed by atoms with E-state index >= 15 is 0 Å². The molecule has 0 aromatic heterocycles. The van der Waals surface area contributed by atoms with Gasteiger partial charge < -0.3 is 5.11 Å². The zero-order valence-corrected chi connectivity index (χ0v) is 8.93. The Morgan fingerprint density at radius 1 is 1.62 bits per heavy atom. The second-order valence-electron chi connectivity index (χ2n) is 2.50. The number of hydrazine groups is 1. The SMILES string of the molecule is NN(CC(=O)O)c1cccc(I)c1. The van der Waals surface area contributed by atoms with Crippen molar-refractivity contribution < 1.29 is 9.90 Å². The molecule has 0 unspecified atom stereocenters. The highest BCUT2D eigenvalue weighted by molar-refractivity contribution is 14.1. The standard InChI is InChI=1S/C8H9IN2O2/c9-6-2-1-3-7(4-6)11(10)5-8(12)13/h1-4H,5,10H2,(H,12,13). The maximum Gasteiger partial charge on any atom is 0.324 e. The average Bonchev–Trinajstić information content (AvgIpc) is 2.03. The number of halogens is 1. The Labute approximate surface area is 89.4 Å². The van der Waals surface area contributed by atoms with Gasteiger partial charge in [0.05, 0.1) is 5.69 Å². The lowest BCUT2D eigenvalue weighted by Crippen LogP contribution is -2.35. The van der Waals surface area contributed by atoms with Crippen LogP contribution in [-0.4, -0.2) is 17.6 Å². The van der Waals surface area contributed by atoms with Gasteiger partial charge in [0.2, 0.25) is 0 Å². The highest BCUT2D eigenvalue weighted by Gasteiger charge is 2.05. The van der Waals surface area contributed by atoms with Gasteiger partial charge in [-0.3, -0.25) is 9.80 Å². The lowest BCUT2D eigenvalue weighted by molar-refractivity contribution is -0.135. The molecule has 0 saturated carbocycles. The molecule has 1 aromatic carbocycles. The van der Waals surface area contributed by atoms with Gasteiger partial charge in [-0.05, 0) is 40.8 Å².